The second-order valence-electron chi connectivity index (χ2n) is 4.88. The van der Waals surface area contributed by atoms with Crippen LogP contribution in [0.25, 0.3) is 10.9 Å². The van der Waals surface area contributed by atoms with Crippen molar-refractivity contribution in [2.24, 2.45) is 5.10 Å². The van der Waals surface area contributed by atoms with E-state index in [-0.39, 0.29) is 5.75 Å². The first-order valence-electron chi connectivity index (χ1n) is 7.37. The van der Waals surface area contributed by atoms with Gasteiger partial charge in [0, 0.05) is 17.1 Å². The smallest absolute Gasteiger partial charge is 0.166 e. The first-order valence-corrected chi connectivity index (χ1v) is 7.37. The van der Waals surface area contributed by atoms with Gasteiger partial charge in [-0.3, -0.25) is 10.4 Å². The number of hydrazone groups is 1. The number of aromatic nitrogens is 1. The van der Waals surface area contributed by atoms with Gasteiger partial charge >= 0.3 is 0 Å². The van der Waals surface area contributed by atoms with Gasteiger partial charge in [-0.25, -0.2) is 0 Å². The Bertz CT molecular complexity index is 841. The molecule has 2 N–H and O–H groups in total. The predicted molar refractivity (Wildman–Crippen MR) is 92.2 cm³/mol. The van der Waals surface area contributed by atoms with E-state index < -0.39 is 0 Å². The van der Waals surface area contributed by atoms with Crippen molar-refractivity contribution >= 4 is 22.8 Å². The monoisotopic (exact) mass is 307 g/mol. The molecule has 3 aromatic rings. The molecule has 0 spiro atoms. The number of ether oxygens (including phenoxy) is 1. The lowest BCUT2D eigenvalue weighted by atomic mass is 10.2. The number of anilines is 1. The van der Waals surface area contributed by atoms with E-state index in [1.165, 1.54) is 0 Å². The average molecular weight is 307 g/mol. The number of hydrogen-bond acceptors (Lipinski definition) is 5. The van der Waals surface area contributed by atoms with E-state index in [0.717, 1.165) is 16.6 Å². The summed E-state index contributed by atoms with van der Waals surface area (Å²) in [5.41, 5.74) is 5.20. The molecule has 116 valence electrons. The zero-order chi connectivity index (χ0) is 16.1. The fourth-order valence-electron chi connectivity index (χ4n) is 2.28. The van der Waals surface area contributed by atoms with Crippen LogP contribution in [-0.2, 0) is 0 Å². The lowest BCUT2D eigenvalue weighted by molar-refractivity contribution is 0.318. The van der Waals surface area contributed by atoms with Crippen molar-refractivity contribution in [2.45, 2.75) is 6.92 Å². The molecule has 0 fully saturated rings. The third kappa shape index (κ3) is 3.23. The van der Waals surface area contributed by atoms with Crippen LogP contribution in [0.5, 0.6) is 11.5 Å². The molecule has 0 saturated carbocycles. The molecule has 0 aliphatic rings. The van der Waals surface area contributed by atoms with Crippen molar-refractivity contribution in [2.75, 3.05) is 12.0 Å². The molecule has 1 aromatic heterocycles. The number of nitrogens with one attached hydrogen (secondary N) is 1. The van der Waals surface area contributed by atoms with Gasteiger partial charge in [-0.2, -0.15) is 5.10 Å². The molecule has 0 saturated heterocycles. The first-order chi connectivity index (χ1) is 11.3. The van der Waals surface area contributed by atoms with Gasteiger partial charge < -0.3 is 9.84 Å². The molecule has 1 heterocycles. The summed E-state index contributed by atoms with van der Waals surface area (Å²) < 4.78 is 5.36. The van der Waals surface area contributed by atoms with Crippen LogP contribution in [0.3, 0.4) is 0 Å². The number of benzene rings is 2. The van der Waals surface area contributed by atoms with Crippen LogP contribution in [0.4, 0.5) is 5.69 Å². The number of aromatic hydroxyl groups is 1. The van der Waals surface area contributed by atoms with Gasteiger partial charge in [0.1, 0.15) is 0 Å². The Hall–Kier alpha value is -3.08. The maximum absolute atomic E-state index is 10.1. The van der Waals surface area contributed by atoms with Crippen LogP contribution >= 0.6 is 0 Å². The zero-order valence-corrected chi connectivity index (χ0v) is 12.7. The van der Waals surface area contributed by atoms with E-state index in [0.29, 0.717) is 17.9 Å². The minimum Gasteiger partial charge on any atom is -0.504 e. The maximum atomic E-state index is 10.1. The third-order valence-corrected chi connectivity index (χ3v) is 3.35. The third-order valence-electron chi connectivity index (χ3n) is 3.35. The summed E-state index contributed by atoms with van der Waals surface area (Å²) in [7, 11) is 0. The fraction of sp³-hybridized carbons (Fsp3) is 0.111. The minimum absolute atomic E-state index is 0.0796. The van der Waals surface area contributed by atoms with Gasteiger partial charge in [0.25, 0.3) is 0 Å². The molecule has 0 amide bonds. The van der Waals surface area contributed by atoms with E-state index in [1.807, 2.05) is 43.3 Å². The lowest BCUT2D eigenvalue weighted by Gasteiger charge is -2.07. The summed E-state index contributed by atoms with van der Waals surface area (Å²) >= 11 is 0. The highest BCUT2D eigenvalue weighted by atomic mass is 16.5. The fourth-order valence-corrected chi connectivity index (χ4v) is 2.28. The van der Waals surface area contributed by atoms with Crippen LogP contribution in [0.2, 0.25) is 0 Å². The van der Waals surface area contributed by atoms with Gasteiger partial charge in [0.15, 0.2) is 11.5 Å². The van der Waals surface area contributed by atoms with Crippen molar-refractivity contribution in [1.82, 2.24) is 4.98 Å². The molecule has 0 aliphatic heterocycles. The Balaban J connectivity index is 1.82. The number of phenolic OH excluding ortho intramolecular Hbond substituents is 1. The number of phenols is 1. The molecule has 5 nitrogen and oxygen atoms in total. The van der Waals surface area contributed by atoms with Crippen LogP contribution in [0.1, 0.15) is 12.5 Å². The van der Waals surface area contributed by atoms with E-state index in [4.69, 9.17) is 4.74 Å². The van der Waals surface area contributed by atoms with E-state index in [9.17, 15) is 5.11 Å². The Morgan fingerprint density at radius 1 is 1.17 bits per heavy atom. The largest absolute Gasteiger partial charge is 0.504 e. The van der Waals surface area contributed by atoms with Crippen LogP contribution in [0.15, 0.2) is 59.8 Å². The highest BCUT2D eigenvalue weighted by Gasteiger charge is 2.05. The predicted octanol–water partition coefficient (Wildman–Crippen LogP) is 3.79. The number of nitrogens with zero attached hydrogens (tertiary/aromatic N) is 2. The van der Waals surface area contributed by atoms with Crippen molar-refractivity contribution < 1.29 is 9.84 Å². The quantitative estimate of drug-likeness (QED) is 0.556. The van der Waals surface area contributed by atoms with E-state index in [1.54, 1.807) is 24.5 Å². The van der Waals surface area contributed by atoms with E-state index in [2.05, 4.69) is 15.5 Å². The first kappa shape index (κ1) is 14.8. The molecule has 0 unspecified atom stereocenters. The molecule has 2 aromatic carbocycles. The molecule has 23 heavy (non-hydrogen) atoms. The summed E-state index contributed by atoms with van der Waals surface area (Å²) in [6, 6.07) is 15.0. The van der Waals surface area contributed by atoms with Gasteiger partial charge in [0.2, 0.25) is 0 Å². The number of rotatable bonds is 5. The second kappa shape index (κ2) is 6.79. The van der Waals surface area contributed by atoms with Crippen molar-refractivity contribution in [3.63, 3.8) is 0 Å². The molecular formula is C18H17N3O2. The van der Waals surface area contributed by atoms with Gasteiger partial charge in [-0.15, -0.1) is 0 Å². The summed E-state index contributed by atoms with van der Waals surface area (Å²) in [6.07, 6.45) is 3.30. The van der Waals surface area contributed by atoms with Crippen molar-refractivity contribution in [1.29, 1.82) is 0 Å². The van der Waals surface area contributed by atoms with Gasteiger partial charge in [-0.05, 0) is 31.2 Å². The zero-order valence-electron chi connectivity index (χ0n) is 12.7. The number of hydrogen-bond donors (Lipinski definition) is 2. The molecule has 0 bridgehead atoms. The Labute approximate surface area is 134 Å². The summed E-state index contributed by atoms with van der Waals surface area (Å²) in [6.45, 7) is 2.36. The maximum Gasteiger partial charge on any atom is 0.166 e. The summed E-state index contributed by atoms with van der Waals surface area (Å²) in [5, 5.41) is 15.4. The topological polar surface area (TPSA) is 66.7 Å². The Kier molecular flexibility index (Phi) is 4.38. The molecule has 3 rings (SSSR count). The van der Waals surface area contributed by atoms with Crippen molar-refractivity contribution in [3.05, 3.63) is 60.3 Å². The molecule has 0 aliphatic carbocycles. The summed E-state index contributed by atoms with van der Waals surface area (Å²) in [4.78, 5) is 4.36. The molecule has 0 atom stereocenters. The highest BCUT2D eigenvalue weighted by molar-refractivity contribution is 5.91. The number of para-hydroxylation sites is 2. The van der Waals surface area contributed by atoms with E-state index >= 15 is 0 Å². The van der Waals surface area contributed by atoms with Gasteiger partial charge in [-0.1, -0.05) is 24.3 Å². The Morgan fingerprint density at radius 3 is 2.87 bits per heavy atom. The molecule has 0 radical (unpaired) electrons. The normalized spacial score (nSPS) is 11.0. The average Bonchev–Trinajstić information content (AvgIpc) is 2.58. The van der Waals surface area contributed by atoms with Crippen LogP contribution in [0, 0.1) is 0 Å². The Morgan fingerprint density at radius 2 is 2.00 bits per heavy atom. The molecular weight excluding hydrogens is 290 g/mol. The number of pyridine rings is 1. The van der Waals surface area contributed by atoms with Crippen LogP contribution in [-0.4, -0.2) is 22.9 Å². The molecule has 5 heteroatoms. The van der Waals surface area contributed by atoms with Crippen LogP contribution < -0.4 is 10.2 Å². The summed E-state index contributed by atoms with van der Waals surface area (Å²) in [5.74, 6) is 0.527. The van der Waals surface area contributed by atoms with Crippen molar-refractivity contribution in [3.8, 4) is 11.5 Å². The lowest BCUT2D eigenvalue weighted by Crippen LogP contribution is -1.95. The standard InChI is InChI=1S/C18H17N3O2/c1-2-23-16-10-4-7-14(18(16)22)12-20-21-15-9-3-6-13-8-5-11-19-17(13)15/h3-12,21-22H,2H2,1H3/b20-12+. The minimum atomic E-state index is 0.0796. The second-order valence-corrected chi connectivity index (χ2v) is 4.88. The van der Waals surface area contributed by atoms with Gasteiger partial charge in [0.05, 0.1) is 24.0 Å². The highest BCUT2D eigenvalue weighted by Crippen LogP contribution is 2.28. The SMILES string of the molecule is CCOc1cccc(/C=N/Nc2cccc3cccnc23)c1O. The number of fused-ring (bicyclic) bond motifs is 1.